The van der Waals surface area contributed by atoms with E-state index >= 15 is 0 Å². The lowest BCUT2D eigenvalue weighted by Crippen LogP contribution is -2.24. The topological polar surface area (TPSA) is 80.0 Å². The number of carbonyl (C=O) groups excluding carboxylic acids is 1. The third-order valence-corrected chi connectivity index (χ3v) is 3.13. The molecule has 20 heavy (non-hydrogen) atoms. The summed E-state index contributed by atoms with van der Waals surface area (Å²) < 4.78 is 0. The van der Waals surface area contributed by atoms with E-state index < -0.39 is 0 Å². The fourth-order valence-electron chi connectivity index (χ4n) is 1.55. The van der Waals surface area contributed by atoms with Gasteiger partial charge >= 0.3 is 0 Å². The van der Waals surface area contributed by atoms with Crippen LogP contribution in [0.4, 0.5) is 5.82 Å². The van der Waals surface area contributed by atoms with Gasteiger partial charge in [-0.1, -0.05) is 35.3 Å². The third-order valence-electron chi connectivity index (χ3n) is 2.58. The molecule has 0 spiro atoms. The first-order valence-corrected chi connectivity index (χ1v) is 6.51. The maximum absolute atomic E-state index is 12.0. The molecule has 0 atom stereocenters. The van der Waals surface area contributed by atoms with Crippen molar-refractivity contribution < 1.29 is 4.79 Å². The summed E-state index contributed by atoms with van der Waals surface area (Å²) in [7, 11) is 0. The molecule has 1 aromatic heterocycles. The van der Waals surface area contributed by atoms with Gasteiger partial charge in [-0.05, 0) is 29.8 Å². The van der Waals surface area contributed by atoms with Gasteiger partial charge in [0.15, 0.2) is 0 Å². The number of aromatic nitrogens is 1. The van der Waals surface area contributed by atoms with Gasteiger partial charge in [0.05, 0.1) is 5.02 Å². The summed E-state index contributed by atoms with van der Waals surface area (Å²) in [5, 5.41) is 3.64. The van der Waals surface area contributed by atoms with Crippen molar-refractivity contribution in [2.75, 3.05) is 5.43 Å². The van der Waals surface area contributed by atoms with E-state index in [4.69, 9.17) is 29.0 Å². The van der Waals surface area contributed by atoms with Crippen LogP contribution >= 0.6 is 23.2 Å². The zero-order chi connectivity index (χ0) is 14.5. The predicted molar refractivity (Wildman–Crippen MR) is 79.7 cm³/mol. The molecular formula is C13H12Cl2N4O. The predicted octanol–water partition coefficient (Wildman–Crippen LogP) is 2.60. The number of hydrazine groups is 1. The Balaban J connectivity index is 2.06. The van der Waals surface area contributed by atoms with Crippen LogP contribution in [0.1, 0.15) is 16.1 Å². The first-order valence-electron chi connectivity index (χ1n) is 5.76. The number of rotatable bonds is 4. The molecule has 1 amide bonds. The lowest BCUT2D eigenvalue weighted by Gasteiger charge is -2.08. The maximum Gasteiger partial charge on any atom is 0.271 e. The molecule has 0 aliphatic carbocycles. The summed E-state index contributed by atoms with van der Waals surface area (Å²) in [5.41, 5.74) is 3.41. The standard InChI is InChI=1S/C13H12Cl2N4O/c14-9-3-1-8(2-4-9)7-17-13(20)12-10(15)5-6-11(18-12)19-16/h1-6H,7,16H2,(H,17,20)(H,18,19). The first-order chi connectivity index (χ1) is 9.60. The molecule has 2 rings (SSSR count). The summed E-state index contributed by atoms with van der Waals surface area (Å²) in [6.07, 6.45) is 0. The maximum atomic E-state index is 12.0. The zero-order valence-corrected chi connectivity index (χ0v) is 11.9. The number of anilines is 1. The second kappa shape index (κ2) is 6.56. The van der Waals surface area contributed by atoms with Crippen LogP contribution in [0, 0.1) is 0 Å². The van der Waals surface area contributed by atoms with Crippen LogP contribution in [0.3, 0.4) is 0 Å². The van der Waals surface area contributed by atoms with Gasteiger partial charge in [-0.3, -0.25) is 4.79 Å². The molecule has 0 radical (unpaired) electrons. The minimum atomic E-state index is -0.373. The number of nitrogens with one attached hydrogen (secondary N) is 2. The number of amides is 1. The van der Waals surface area contributed by atoms with E-state index in [9.17, 15) is 4.79 Å². The largest absolute Gasteiger partial charge is 0.347 e. The van der Waals surface area contributed by atoms with Crippen LogP contribution in [0.25, 0.3) is 0 Å². The van der Waals surface area contributed by atoms with E-state index in [-0.39, 0.29) is 16.6 Å². The van der Waals surface area contributed by atoms with E-state index in [1.165, 1.54) is 0 Å². The van der Waals surface area contributed by atoms with Crippen LogP contribution in [0.15, 0.2) is 36.4 Å². The second-order valence-electron chi connectivity index (χ2n) is 3.98. The van der Waals surface area contributed by atoms with Crippen molar-refractivity contribution in [3.05, 3.63) is 57.7 Å². The lowest BCUT2D eigenvalue weighted by molar-refractivity contribution is 0.0946. The van der Waals surface area contributed by atoms with Crippen molar-refractivity contribution in [2.24, 2.45) is 5.84 Å². The minimum Gasteiger partial charge on any atom is -0.347 e. The van der Waals surface area contributed by atoms with Gasteiger partial charge in [-0.2, -0.15) is 0 Å². The Bertz CT molecular complexity index is 616. The Kier molecular flexibility index (Phi) is 4.79. The third kappa shape index (κ3) is 3.60. The van der Waals surface area contributed by atoms with Gasteiger partial charge in [-0.15, -0.1) is 0 Å². The van der Waals surface area contributed by atoms with Gasteiger partial charge < -0.3 is 10.7 Å². The van der Waals surface area contributed by atoms with E-state index in [0.29, 0.717) is 17.4 Å². The summed E-state index contributed by atoms with van der Waals surface area (Å²) >= 11 is 11.7. The molecule has 0 bridgehead atoms. The Labute approximate surface area is 126 Å². The summed E-state index contributed by atoms with van der Waals surface area (Å²) in [6, 6.07) is 10.3. The van der Waals surface area contributed by atoms with Crippen molar-refractivity contribution in [2.45, 2.75) is 6.54 Å². The Morgan fingerprint density at radius 3 is 2.50 bits per heavy atom. The molecule has 104 valence electrons. The zero-order valence-electron chi connectivity index (χ0n) is 10.4. The van der Waals surface area contributed by atoms with E-state index in [1.807, 2.05) is 12.1 Å². The van der Waals surface area contributed by atoms with Crippen molar-refractivity contribution in [3.63, 3.8) is 0 Å². The van der Waals surface area contributed by atoms with Crippen LogP contribution in [0.2, 0.25) is 10.0 Å². The molecule has 0 aliphatic rings. The molecule has 7 heteroatoms. The molecule has 1 heterocycles. The van der Waals surface area contributed by atoms with Crippen LogP contribution in [-0.4, -0.2) is 10.9 Å². The first kappa shape index (κ1) is 14.6. The van der Waals surface area contributed by atoms with Crippen LogP contribution < -0.4 is 16.6 Å². The SMILES string of the molecule is NNc1ccc(Cl)c(C(=O)NCc2ccc(Cl)cc2)n1. The highest BCUT2D eigenvalue weighted by Gasteiger charge is 2.12. The highest BCUT2D eigenvalue weighted by molar-refractivity contribution is 6.33. The smallest absolute Gasteiger partial charge is 0.271 e. The van der Waals surface area contributed by atoms with Crippen molar-refractivity contribution in [1.29, 1.82) is 0 Å². The molecule has 5 nitrogen and oxygen atoms in total. The van der Waals surface area contributed by atoms with Crippen molar-refractivity contribution >= 4 is 34.9 Å². The van der Waals surface area contributed by atoms with Gasteiger partial charge in [0.25, 0.3) is 5.91 Å². The summed E-state index contributed by atoms with van der Waals surface area (Å²) in [4.78, 5) is 16.0. The number of nitrogens with two attached hydrogens (primary N) is 1. The van der Waals surface area contributed by atoms with Gasteiger partial charge in [0.1, 0.15) is 11.5 Å². The number of pyridine rings is 1. The lowest BCUT2D eigenvalue weighted by atomic mass is 10.2. The molecule has 0 unspecified atom stereocenters. The fourth-order valence-corrected chi connectivity index (χ4v) is 1.87. The number of nitrogens with zero attached hydrogens (tertiary/aromatic N) is 1. The molecule has 0 fully saturated rings. The van der Waals surface area contributed by atoms with E-state index in [1.54, 1.807) is 24.3 Å². The van der Waals surface area contributed by atoms with E-state index in [2.05, 4.69) is 15.7 Å². The van der Waals surface area contributed by atoms with Crippen LogP contribution in [-0.2, 0) is 6.54 Å². The molecule has 1 aromatic carbocycles. The number of carbonyl (C=O) groups is 1. The van der Waals surface area contributed by atoms with Gasteiger partial charge in [-0.25, -0.2) is 10.8 Å². The minimum absolute atomic E-state index is 0.121. The number of hydrogen-bond donors (Lipinski definition) is 3. The Morgan fingerprint density at radius 1 is 1.15 bits per heavy atom. The highest BCUT2D eigenvalue weighted by Crippen LogP contribution is 2.16. The highest BCUT2D eigenvalue weighted by atomic mass is 35.5. The Morgan fingerprint density at radius 2 is 1.85 bits per heavy atom. The second-order valence-corrected chi connectivity index (χ2v) is 4.82. The summed E-state index contributed by atoms with van der Waals surface area (Å²) in [6.45, 7) is 0.355. The fraction of sp³-hybridized carbons (Fsp3) is 0.0769. The van der Waals surface area contributed by atoms with Crippen molar-refractivity contribution in [1.82, 2.24) is 10.3 Å². The van der Waals surface area contributed by atoms with Gasteiger partial charge in [0.2, 0.25) is 0 Å². The monoisotopic (exact) mass is 310 g/mol. The van der Waals surface area contributed by atoms with Gasteiger partial charge in [0, 0.05) is 11.6 Å². The number of benzene rings is 1. The quantitative estimate of drug-likeness (QED) is 0.599. The Hall–Kier alpha value is -1.82. The molecule has 4 N–H and O–H groups in total. The molecule has 0 saturated carbocycles. The molecule has 0 aliphatic heterocycles. The molecular weight excluding hydrogens is 299 g/mol. The normalized spacial score (nSPS) is 10.2. The number of halogens is 2. The van der Waals surface area contributed by atoms with Crippen LogP contribution in [0.5, 0.6) is 0 Å². The summed E-state index contributed by atoms with van der Waals surface area (Å²) in [5.74, 6) is 5.24. The van der Waals surface area contributed by atoms with E-state index in [0.717, 1.165) is 5.56 Å². The average molecular weight is 311 g/mol. The molecule has 0 saturated heterocycles. The number of hydrogen-bond acceptors (Lipinski definition) is 4. The number of nitrogen functional groups attached to an aromatic ring is 1. The average Bonchev–Trinajstić information content (AvgIpc) is 2.47. The van der Waals surface area contributed by atoms with Crippen molar-refractivity contribution in [3.8, 4) is 0 Å². The molecule has 2 aromatic rings.